The molecule has 4 nitrogen and oxygen atoms in total. The molecule has 0 spiro atoms. The highest BCUT2D eigenvalue weighted by atomic mass is 35.5. The van der Waals surface area contributed by atoms with Gasteiger partial charge in [-0.2, -0.15) is 0 Å². The van der Waals surface area contributed by atoms with E-state index in [9.17, 15) is 4.79 Å². The number of carbonyl (C=O) groups is 1. The standard InChI is InChI=1S/C14H12ClNO3/c1-18-11-6-5-9(15)8-10(11)14(17)13-12(19-2)4-3-7-16-13/h3-8H,1-2H3. The number of aromatic nitrogens is 1. The third kappa shape index (κ3) is 2.69. The van der Waals surface area contributed by atoms with Crippen molar-refractivity contribution in [2.45, 2.75) is 0 Å². The molecule has 2 aromatic rings. The van der Waals surface area contributed by atoms with Gasteiger partial charge in [-0.3, -0.25) is 4.79 Å². The molecule has 2 rings (SSSR count). The Morgan fingerprint density at radius 3 is 2.58 bits per heavy atom. The molecule has 1 aromatic heterocycles. The number of ketones is 1. The van der Waals surface area contributed by atoms with Crippen LogP contribution in [0.25, 0.3) is 0 Å². The fourth-order valence-electron chi connectivity index (χ4n) is 1.71. The summed E-state index contributed by atoms with van der Waals surface area (Å²) in [6.07, 6.45) is 1.53. The van der Waals surface area contributed by atoms with Crippen LogP contribution in [-0.4, -0.2) is 25.0 Å². The van der Waals surface area contributed by atoms with E-state index in [1.54, 1.807) is 30.3 Å². The number of nitrogens with zero attached hydrogens (tertiary/aromatic N) is 1. The highest BCUT2D eigenvalue weighted by Crippen LogP contribution is 2.27. The van der Waals surface area contributed by atoms with E-state index in [2.05, 4.69) is 4.98 Å². The lowest BCUT2D eigenvalue weighted by Crippen LogP contribution is -2.08. The fourth-order valence-corrected chi connectivity index (χ4v) is 1.88. The zero-order valence-corrected chi connectivity index (χ0v) is 11.3. The Hall–Kier alpha value is -2.07. The summed E-state index contributed by atoms with van der Waals surface area (Å²) in [5.74, 6) is 0.563. The van der Waals surface area contributed by atoms with Crippen molar-refractivity contribution in [2.75, 3.05) is 14.2 Å². The SMILES string of the molecule is COc1ccc(Cl)cc1C(=O)c1ncccc1OC. The van der Waals surface area contributed by atoms with Crippen LogP contribution < -0.4 is 9.47 Å². The van der Waals surface area contributed by atoms with Gasteiger partial charge in [0.2, 0.25) is 5.78 Å². The molecule has 0 saturated carbocycles. The van der Waals surface area contributed by atoms with Crippen molar-refractivity contribution < 1.29 is 14.3 Å². The molecule has 0 bridgehead atoms. The van der Waals surface area contributed by atoms with Gasteiger partial charge in [0, 0.05) is 11.2 Å². The van der Waals surface area contributed by atoms with E-state index in [1.165, 1.54) is 20.4 Å². The lowest BCUT2D eigenvalue weighted by molar-refractivity contribution is 0.102. The minimum atomic E-state index is -0.295. The third-order valence-electron chi connectivity index (χ3n) is 2.61. The molecule has 0 aliphatic rings. The first-order valence-corrected chi connectivity index (χ1v) is 5.92. The van der Waals surface area contributed by atoms with Gasteiger partial charge >= 0.3 is 0 Å². The average Bonchev–Trinajstić information content (AvgIpc) is 2.46. The van der Waals surface area contributed by atoms with Crippen LogP contribution in [0.2, 0.25) is 5.02 Å². The van der Waals surface area contributed by atoms with Crippen molar-refractivity contribution in [3.05, 3.63) is 52.8 Å². The van der Waals surface area contributed by atoms with Crippen LogP contribution in [0.4, 0.5) is 0 Å². The predicted octanol–water partition coefficient (Wildman–Crippen LogP) is 2.98. The topological polar surface area (TPSA) is 48.4 Å². The largest absolute Gasteiger partial charge is 0.496 e. The molecule has 0 fully saturated rings. The molecule has 1 heterocycles. The number of methoxy groups -OCH3 is 2. The van der Waals surface area contributed by atoms with Crippen LogP contribution in [0, 0.1) is 0 Å². The molecule has 0 amide bonds. The van der Waals surface area contributed by atoms with Crippen molar-refractivity contribution in [1.29, 1.82) is 0 Å². The number of rotatable bonds is 4. The normalized spacial score (nSPS) is 10.1. The van der Waals surface area contributed by atoms with E-state index in [-0.39, 0.29) is 11.5 Å². The maximum absolute atomic E-state index is 12.5. The number of halogens is 1. The van der Waals surface area contributed by atoms with Crippen molar-refractivity contribution in [3.8, 4) is 11.5 Å². The molecule has 19 heavy (non-hydrogen) atoms. The highest BCUT2D eigenvalue weighted by molar-refractivity contribution is 6.31. The van der Waals surface area contributed by atoms with Gasteiger partial charge in [0.15, 0.2) is 5.69 Å². The highest BCUT2D eigenvalue weighted by Gasteiger charge is 2.19. The van der Waals surface area contributed by atoms with Crippen LogP contribution in [-0.2, 0) is 0 Å². The number of benzene rings is 1. The zero-order valence-electron chi connectivity index (χ0n) is 10.5. The van der Waals surface area contributed by atoms with E-state index in [1.807, 2.05) is 0 Å². The van der Waals surface area contributed by atoms with Crippen LogP contribution in [0.5, 0.6) is 11.5 Å². The molecule has 0 N–H and O–H groups in total. The van der Waals surface area contributed by atoms with E-state index in [0.717, 1.165) is 0 Å². The molecule has 0 radical (unpaired) electrons. The zero-order chi connectivity index (χ0) is 13.8. The first-order valence-electron chi connectivity index (χ1n) is 5.54. The Bertz CT molecular complexity index is 613. The van der Waals surface area contributed by atoms with Gasteiger partial charge in [0.25, 0.3) is 0 Å². The first-order chi connectivity index (χ1) is 9.17. The Labute approximate surface area is 115 Å². The second kappa shape index (κ2) is 5.71. The maximum atomic E-state index is 12.5. The summed E-state index contributed by atoms with van der Waals surface area (Å²) in [7, 11) is 2.98. The van der Waals surface area contributed by atoms with Crippen molar-refractivity contribution in [2.24, 2.45) is 0 Å². The predicted molar refractivity (Wildman–Crippen MR) is 72.2 cm³/mol. The molecular weight excluding hydrogens is 266 g/mol. The van der Waals surface area contributed by atoms with Gasteiger partial charge in [0.05, 0.1) is 19.8 Å². The fraction of sp³-hybridized carbons (Fsp3) is 0.143. The second-order valence-corrected chi connectivity index (χ2v) is 4.16. The lowest BCUT2D eigenvalue weighted by Gasteiger charge is -2.09. The summed E-state index contributed by atoms with van der Waals surface area (Å²) in [5.41, 5.74) is 0.581. The summed E-state index contributed by atoms with van der Waals surface area (Å²) < 4.78 is 10.3. The molecule has 1 aromatic carbocycles. The molecule has 0 aliphatic heterocycles. The number of ether oxygens (including phenoxy) is 2. The molecule has 0 aliphatic carbocycles. The first kappa shape index (κ1) is 13.4. The van der Waals surface area contributed by atoms with Gasteiger partial charge in [-0.15, -0.1) is 0 Å². The van der Waals surface area contributed by atoms with Crippen molar-refractivity contribution in [1.82, 2.24) is 4.98 Å². The van der Waals surface area contributed by atoms with Crippen molar-refractivity contribution in [3.63, 3.8) is 0 Å². The summed E-state index contributed by atoms with van der Waals surface area (Å²) in [5, 5.41) is 0.457. The van der Waals surface area contributed by atoms with Crippen LogP contribution in [0.3, 0.4) is 0 Å². The van der Waals surface area contributed by atoms with Gasteiger partial charge in [-0.25, -0.2) is 4.98 Å². The van der Waals surface area contributed by atoms with E-state index >= 15 is 0 Å². The molecule has 0 saturated heterocycles. The Balaban J connectivity index is 2.52. The van der Waals surface area contributed by atoms with Crippen LogP contribution in [0.1, 0.15) is 16.1 Å². The number of pyridine rings is 1. The minimum absolute atomic E-state index is 0.227. The van der Waals surface area contributed by atoms with Crippen LogP contribution >= 0.6 is 11.6 Å². The van der Waals surface area contributed by atoms with Crippen molar-refractivity contribution >= 4 is 17.4 Å². The van der Waals surface area contributed by atoms with E-state index in [4.69, 9.17) is 21.1 Å². The quantitative estimate of drug-likeness (QED) is 0.806. The lowest BCUT2D eigenvalue weighted by atomic mass is 10.1. The van der Waals surface area contributed by atoms with Gasteiger partial charge in [-0.05, 0) is 30.3 Å². The summed E-state index contributed by atoms with van der Waals surface area (Å²) in [6.45, 7) is 0. The Morgan fingerprint density at radius 2 is 1.89 bits per heavy atom. The van der Waals surface area contributed by atoms with Gasteiger partial charge < -0.3 is 9.47 Å². The van der Waals surface area contributed by atoms with E-state index in [0.29, 0.717) is 22.1 Å². The molecule has 98 valence electrons. The second-order valence-electron chi connectivity index (χ2n) is 3.73. The van der Waals surface area contributed by atoms with Gasteiger partial charge in [-0.1, -0.05) is 11.6 Å². The molecule has 0 atom stereocenters. The minimum Gasteiger partial charge on any atom is -0.496 e. The number of hydrogen-bond donors (Lipinski definition) is 0. The Kier molecular flexibility index (Phi) is 4.02. The van der Waals surface area contributed by atoms with Crippen LogP contribution in [0.15, 0.2) is 36.5 Å². The maximum Gasteiger partial charge on any atom is 0.218 e. The summed E-state index contributed by atoms with van der Waals surface area (Å²) in [6, 6.07) is 8.23. The summed E-state index contributed by atoms with van der Waals surface area (Å²) in [4.78, 5) is 16.5. The summed E-state index contributed by atoms with van der Waals surface area (Å²) >= 11 is 5.92. The smallest absolute Gasteiger partial charge is 0.218 e. The van der Waals surface area contributed by atoms with Gasteiger partial charge in [0.1, 0.15) is 11.5 Å². The number of hydrogen-bond acceptors (Lipinski definition) is 4. The molecule has 5 heteroatoms. The monoisotopic (exact) mass is 277 g/mol. The Morgan fingerprint density at radius 1 is 1.16 bits per heavy atom. The average molecular weight is 278 g/mol. The van der Waals surface area contributed by atoms with E-state index < -0.39 is 0 Å². The number of carbonyl (C=O) groups excluding carboxylic acids is 1. The molecule has 0 unspecified atom stereocenters. The molecular formula is C14H12ClNO3. The third-order valence-corrected chi connectivity index (χ3v) is 2.85.